The SMILES string of the molecule is CC(C)(C)c1ccc(C(=O)NCC(=O)N2CCN(C(=O)c3ccco3)CC2)cc1. The number of piperazine rings is 1. The number of benzene rings is 1. The summed E-state index contributed by atoms with van der Waals surface area (Å²) in [7, 11) is 0. The molecule has 0 unspecified atom stereocenters. The molecule has 1 N–H and O–H groups in total. The van der Waals surface area contributed by atoms with E-state index >= 15 is 0 Å². The minimum Gasteiger partial charge on any atom is -0.459 e. The Morgan fingerprint density at radius 2 is 1.59 bits per heavy atom. The van der Waals surface area contributed by atoms with E-state index in [1.165, 1.54) is 6.26 Å². The Bertz CT molecular complexity index is 858. The second-order valence-electron chi connectivity index (χ2n) is 8.16. The average Bonchev–Trinajstić information content (AvgIpc) is 3.25. The summed E-state index contributed by atoms with van der Waals surface area (Å²) in [5.74, 6) is -0.302. The minimum atomic E-state index is -0.273. The first-order valence-electron chi connectivity index (χ1n) is 9.75. The number of carbonyl (C=O) groups excluding carboxylic acids is 3. The van der Waals surface area contributed by atoms with Crippen LogP contribution >= 0.6 is 0 Å². The van der Waals surface area contributed by atoms with E-state index in [9.17, 15) is 14.4 Å². The van der Waals surface area contributed by atoms with Crippen LogP contribution in [-0.4, -0.2) is 60.2 Å². The largest absolute Gasteiger partial charge is 0.459 e. The second-order valence-corrected chi connectivity index (χ2v) is 8.16. The third-order valence-electron chi connectivity index (χ3n) is 5.06. The summed E-state index contributed by atoms with van der Waals surface area (Å²) in [5.41, 5.74) is 1.69. The first kappa shape index (κ1) is 20.6. The van der Waals surface area contributed by atoms with Gasteiger partial charge in [-0.3, -0.25) is 14.4 Å². The van der Waals surface area contributed by atoms with Crippen LogP contribution < -0.4 is 5.32 Å². The zero-order valence-electron chi connectivity index (χ0n) is 17.1. The van der Waals surface area contributed by atoms with Crippen LogP contribution in [0.15, 0.2) is 47.1 Å². The van der Waals surface area contributed by atoms with Gasteiger partial charge in [0.1, 0.15) is 0 Å². The Morgan fingerprint density at radius 1 is 0.966 bits per heavy atom. The predicted octanol–water partition coefficient (Wildman–Crippen LogP) is 2.29. The van der Waals surface area contributed by atoms with Gasteiger partial charge in [0.15, 0.2) is 5.76 Å². The fraction of sp³-hybridized carbons (Fsp3) is 0.409. The van der Waals surface area contributed by atoms with Gasteiger partial charge < -0.3 is 19.5 Å². The van der Waals surface area contributed by atoms with E-state index in [0.717, 1.165) is 5.56 Å². The van der Waals surface area contributed by atoms with Crippen molar-refractivity contribution in [2.75, 3.05) is 32.7 Å². The van der Waals surface area contributed by atoms with Crippen molar-refractivity contribution in [3.63, 3.8) is 0 Å². The number of furan rings is 1. The van der Waals surface area contributed by atoms with Gasteiger partial charge in [0.05, 0.1) is 12.8 Å². The highest BCUT2D eigenvalue weighted by atomic mass is 16.3. The molecule has 2 heterocycles. The molecular weight excluding hydrogens is 370 g/mol. The van der Waals surface area contributed by atoms with Gasteiger partial charge in [-0.05, 0) is 35.2 Å². The molecule has 1 aliphatic rings. The minimum absolute atomic E-state index is 0.0193. The molecule has 0 atom stereocenters. The number of carbonyl (C=O) groups is 3. The van der Waals surface area contributed by atoms with E-state index in [1.807, 2.05) is 12.1 Å². The molecular formula is C22H27N3O4. The quantitative estimate of drug-likeness (QED) is 0.858. The van der Waals surface area contributed by atoms with Crippen molar-refractivity contribution in [1.29, 1.82) is 0 Å². The number of nitrogens with zero attached hydrogens (tertiary/aromatic N) is 2. The number of rotatable bonds is 4. The highest BCUT2D eigenvalue weighted by Crippen LogP contribution is 2.22. The Labute approximate surface area is 170 Å². The Kier molecular flexibility index (Phi) is 6.06. The second kappa shape index (κ2) is 8.51. The van der Waals surface area contributed by atoms with E-state index in [1.54, 1.807) is 34.1 Å². The van der Waals surface area contributed by atoms with Crippen molar-refractivity contribution in [3.05, 3.63) is 59.5 Å². The molecule has 7 nitrogen and oxygen atoms in total. The summed E-state index contributed by atoms with van der Waals surface area (Å²) >= 11 is 0. The summed E-state index contributed by atoms with van der Waals surface area (Å²) in [6.45, 7) is 8.02. The van der Waals surface area contributed by atoms with Gasteiger partial charge >= 0.3 is 0 Å². The van der Waals surface area contributed by atoms with Crippen LogP contribution in [0.5, 0.6) is 0 Å². The molecule has 0 radical (unpaired) electrons. The Hall–Kier alpha value is -3.09. The molecule has 29 heavy (non-hydrogen) atoms. The maximum atomic E-state index is 12.4. The normalized spacial score (nSPS) is 14.6. The maximum absolute atomic E-state index is 12.4. The molecule has 1 aromatic carbocycles. The summed E-state index contributed by atoms with van der Waals surface area (Å²) in [5, 5.41) is 2.68. The molecule has 0 spiro atoms. The van der Waals surface area contributed by atoms with Crippen molar-refractivity contribution in [3.8, 4) is 0 Å². The van der Waals surface area contributed by atoms with Crippen LogP contribution in [0, 0.1) is 0 Å². The third kappa shape index (κ3) is 5.04. The van der Waals surface area contributed by atoms with Crippen molar-refractivity contribution in [2.45, 2.75) is 26.2 Å². The standard InChI is InChI=1S/C22H27N3O4/c1-22(2,3)17-8-6-16(7-9-17)20(27)23-15-19(26)24-10-12-25(13-11-24)21(28)18-5-4-14-29-18/h4-9,14H,10-13,15H2,1-3H3,(H,23,27). The van der Waals surface area contributed by atoms with Crippen LogP contribution in [0.3, 0.4) is 0 Å². The summed E-state index contributed by atoms with van der Waals surface area (Å²) in [6, 6.07) is 10.7. The molecule has 1 saturated heterocycles. The van der Waals surface area contributed by atoms with Gasteiger partial charge in [-0.25, -0.2) is 0 Å². The molecule has 7 heteroatoms. The fourth-order valence-electron chi connectivity index (χ4n) is 3.21. The summed E-state index contributed by atoms with van der Waals surface area (Å²) < 4.78 is 5.14. The first-order chi connectivity index (χ1) is 13.8. The van der Waals surface area contributed by atoms with Gasteiger partial charge in [-0.2, -0.15) is 0 Å². The number of hydrogen-bond acceptors (Lipinski definition) is 4. The highest BCUT2D eigenvalue weighted by molar-refractivity contribution is 5.96. The van der Waals surface area contributed by atoms with Gasteiger partial charge in [-0.15, -0.1) is 0 Å². The third-order valence-corrected chi connectivity index (χ3v) is 5.06. The maximum Gasteiger partial charge on any atom is 0.289 e. The lowest BCUT2D eigenvalue weighted by Gasteiger charge is -2.34. The van der Waals surface area contributed by atoms with Crippen molar-refractivity contribution < 1.29 is 18.8 Å². The molecule has 3 rings (SSSR count). The molecule has 2 aromatic rings. The zero-order chi connectivity index (χ0) is 21.0. The molecule has 3 amide bonds. The van der Waals surface area contributed by atoms with Gasteiger partial charge in [-0.1, -0.05) is 32.9 Å². The van der Waals surface area contributed by atoms with E-state index < -0.39 is 0 Å². The first-order valence-corrected chi connectivity index (χ1v) is 9.75. The molecule has 0 aliphatic carbocycles. The van der Waals surface area contributed by atoms with Gasteiger partial charge in [0.25, 0.3) is 11.8 Å². The predicted molar refractivity (Wildman–Crippen MR) is 109 cm³/mol. The van der Waals surface area contributed by atoms with Crippen LogP contribution in [0.4, 0.5) is 0 Å². The zero-order valence-corrected chi connectivity index (χ0v) is 17.1. The van der Waals surface area contributed by atoms with Crippen LogP contribution in [0.25, 0.3) is 0 Å². The molecule has 1 fully saturated rings. The summed E-state index contributed by atoms with van der Waals surface area (Å²) in [4.78, 5) is 40.3. The number of nitrogens with one attached hydrogen (secondary N) is 1. The lowest BCUT2D eigenvalue weighted by atomic mass is 9.87. The molecule has 154 valence electrons. The molecule has 1 aliphatic heterocycles. The fourth-order valence-corrected chi connectivity index (χ4v) is 3.21. The van der Waals surface area contributed by atoms with E-state index in [4.69, 9.17) is 4.42 Å². The summed E-state index contributed by atoms with van der Waals surface area (Å²) in [6.07, 6.45) is 1.46. The lowest BCUT2D eigenvalue weighted by Crippen LogP contribution is -2.52. The van der Waals surface area contributed by atoms with Crippen molar-refractivity contribution >= 4 is 17.7 Å². The average molecular weight is 397 g/mol. The van der Waals surface area contributed by atoms with Crippen LogP contribution in [0.2, 0.25) is 0 Å². The van der Waals surface area contributed by atoms with Crippen LogP contribution in [0.1, 0.15) is 47.2 Å². The van der Waals surface area contributed by atoms with E-state index in [2.05, 4.69) is 26.1 Å². The highest BCUT2D eigenvalue weighted by Gasteiger charge is 2.26. The topological polar surface area (TPSA) is 82.9 Å². The van der Waals surface area contributed by atoms with E-state index in [-0.39, 0.29) is 29.7 Å². The van der Waals surface area contributed by atoms with Crippen LogP contribution in [-0.2, 0) is 10.2 Å². The van der Waals surface area contributed by atoms with E-state index in [0.29, 0.717) is 37.5 Å². The van der Waals surface area contributed by atoms with Gasteiger partial charge in [0.2, 0.25) is 5.91 Å². The number of amides is 3. The van der Waals surface area contributed by atoms with Gasteiger partial charge in [0, 0.05) is 31.7 Å². The molecule has 0 bridgehead atoms. The monoisotopic (exact) mass is 397 g/mol. The van der Waals surface area contributed by atoms with Crippen molar-refractivity contribution in [2.24, 2.45) is 0 Å². The lowest BCUT2D eigenvalue weighted by molar-refractivity contribution is -0.131. The molecule has 0 saturated carbocycles. The Balaban J connectivity index is 1.46. The Morgan fingerprint density at radius 3 is 2.14 bits per heavy atom. The smallest absolute Gasteiger partial charge is 0.289 e. The van der Waals surface area contributed by atoms with Crippen molar-refractivity contribution in [1.82, 2.24) is 15.1 Å². The molecule has 1 aromatic heterocycles. The number of hydrogen-bond donors (Lipinski definition) is 1.